The molecule has 98 valence electrons. The molecule has 0 aromatic heterocycles. The second-order valence-corrected chi connectivity index (χ2v) is 6.15. The maximum absolute atomic E-state index is 11.0. The molecule has 1 aromatic rings. The maximum atomic E-state index is 11.0. The van der Waals surface area contributed by atoms with Gasteiger partial charge >= 0.3 is 0 Å². The van der Waals surface area contributed by atoms with E-state index in [1.54, 1.807) is 6.07 Å². The van der Waals surface area contributed by atoms with Crippen LogP contribution in [-0.4, -0.2) is 22.0 Å². The molecule has 0 amide bonds. The first-order valence-corrected chi connectivity index (χ1v) is 7.30. The van der Waals surface area contributed by atoms with Crippen molar-refractivity contribution in [2.75, 3.05) is 11.1 Å². The Morgan fingerprint density at radius 1 is 1.56 bits per heavy atom. The fourth-order valence-electron chi connectivity index (χ4n) is 2.28. The highest BCUT2D eigenvalue weighted by Crippen LogP contribution is 2.30. The van der Waals surface area contributed by atoms with Crippen LogP contribution in [0.3, 0.4) is 0 Å². The number of nitrogens with one attached hydrogen (secondary N) is 1. The van der Waals surface area contributed by atoms with Crippen LogP contribution in [0.15, 0.2) is 18.2 Å². The van der Waals surface area contributed by atoms with E-state index in [2.05, 4.69) is 12.2 Å². The molecule has 5 heteroatoms. The molecule has 1 aliphatic heterocycles. The third-order valence-electron chi connectivity index (χ3n) is 3.23. The molecule has 2 unspecified atom stereocenters. The van der Waals surface area contributed by atoms with E-state index in [0.717, 1.165) is 23.4 Å². The minimum Gasteiger partial charge on any atom is -0.381 e. The molecule has 1 N–H and O–H groups in total. The summed E-state index contributed by atoms with van der Waals surface area (Å²) in [6.07, 6.45) is 1.81. The first-order chi connectivity index (χ1) is 8.60. The van der Waals surface area contributed by atoms with Gasteiger partial charge in [0.1, 0.15) is 0 Å². The maximum Gasteiger partial charge on any atom is 0.274 e. The second-order valence-electron chi connectivity index (χ2n) is 4.68. The molecule has 0 radical (unpaired) electrons. The van der Waals surface area contributed by atoms with Crippen LogP contribution in [0.4, 0.5) is 11.4 Å². The Balaban J connectivity index is 2.14. The lowest BCUT2D eigenvalue weighted by Crippen LogP contribution is -2.19. The van der Waals surface area contributed by atoms with Crippen LogP contribution in [0, 0.1) is 10.1 Å². The van der Waals surface area contributed by atoms with Gasteiger partial charge in [-0.2, -0.15) is 11.8 Å². The molecule has 1 aromatic carbocycles. The Hall–Kier alpha value is -1.23. The Morgan fingerprint density at radius 2 is 2.33 bits per heavy atom. The van der Waals surface area contributed by atoms with Crippen molar-refractivity contribution in [1.29, 1.82) is 0 Å². The van der Waals surface area contributed by atoms with Crippen molar-refractivity contribution in [3.8, 4) is 0 Å². The summed E-state index contributed by atoms with van der Waals surface area (Å²) in [6.45, 7) is 4.15. The van der Waals surface area contributed by atoms with Crippen molar-refractivity contribution in [2.24, 2.45) is 0 Å². The summed E-state index contributed by atoms with van der Waals surface area (Å²) in [5.41, 5.74) is 1.87. The Bertz CT molecular complexity index is 451. The first-order valence-electron chi connectivity index (χ1n) is 6.25. The number of aryl methyl sites for hydroxylation is 1. The molecule has 4 nitrogen and oxygen atoms in total. The molecule has 1 fully saturated rings. The zero-order valence-corrected chi connectivity index (χ0v) is 11.5. The first kappa shape index (κ1) is 13.2. The standard InChI is InChI=1S/C13H18N2O2S/c1-3-10-4-5-11(7-13(10)15(16)17)14-12-6-9(2)18-8-12/h4-5,7,9,12,14H,3,6,8H2,1-2H3. The topological polar surface area (TPSA) is 55.2 Å². The Kier molecular flexibility index (Phi) is 4.11. The monoisotopic (exact) mass is 266 g/mol. The van der Waals surface area contributed by atoms with Crippen molar-refractivity contribution in [2.45, 2.75) is 38.0 Å². The molecule has 2 rings (SSSR count). The predicted octanol–water partition coefficient (Wildman–Crippen LogP) is 3.46. The third kappa shape index (κ3) is 2.96. The minimum absolute atomic E-state index is 0.223. The van der Waals surface area contributed by atoms with Crippen molar-refractivity contribution in [1.82, 2.24) is 0 Å². The van der Waals surface area contributed by atoms with Gasteiger partial charge in [0.15, 0.2) is 0 Å². The average molecular weight is 266 g/mol. The van der Waals surface area contributed by atoms with E-state index in [-0.39, 0.29) is 10.6 Å². The average Bonchev–Trinajstić information content (AvgIpc) is 2.74. The van der Waals surface area contributed by atoms with Crippen molar-refractivity contribution in [3.05, 3.63) is 33.9 Å². The van der Waals surface area contributed by atoms with Gasteiger partial charge in [0.25, 0.3) is 5.69 Å². The van der Waals surface area contributed by atoms with Crippen molar-refractivity contribution in [3.63, 3.8) is 0 Å². The lowest BCUT2D eigenvalue weighted by Gasteiger charge is -2.13. The van der Waals surface area contributed by atoms with Gasteiger partial charge < -0.3 is 5.32 Å². The molecule has 18 heavy (non-hydrogen) atoms. The van der Waals surface area contributed by atoms with Gasteiger partial charge in [-0.3, -0.25) is 10.1 Å². The number of benzene rings is 1. The van der Waals surface area contributed by atoms with E-state index in [1.807, 2.05) is 30.8 Å². The summed E-state index contributed by atoms with van der Waals surface area (Å²) in [7, 11) is 0. The van der Waals surface area contributed by atoms with Gasteiger partial charge in [0.05, 0.1) is 4.92 Å². The van der Waals surface area contributed by atoms with Crippen LogP contribution >= 0.6 is 11.8 Å². The van der Waals surface area contributed by atoms with Gasteiger partial charge in [-0.25, -0.2) is 0 Å². The van der Waals surface area contributed by atoms with Gasteiger partial charge in [0.2, 0.25) is 0 Å². The fraction of sp³-hybridized carbons (Fsp3) is 0.538. The largest absolute Gasteiger partial charge is 0.381 e. The van der Waals surface area contributed by atoms with Crippen molar-refractivity contribution < 1.29 is 4.92 Å². The van der Waals surface area contributed by atoms with Crippen LogP contribution < -0.4 is 5.32 Å². The summed E-state index contributed by atoms with van der Waals surface area (Å²) in [5, 5.41) is 15.1. The summed E-state index contributed by atoms with van der Waals surface area (Å²) in [6, 6.07) is 5.88. The SMILES string of the molecule is CCc1ccc(NC2CSC(C)C2)cc1[N+](=O)[O-]. The summed E-state index contributed by atoms with van der Waals surface area (Å²) >= 11 is 1.95. The van der Waals surface area contributed by atoms with E-state index in [9.17, 15) is 10.1 Å². The number of anilines is 1. The summed E-state index contributed by atoms with van der Waals surface area (Å²) in [5.74, 6) is 1.07. The quantitative estimate of drug-likeness (QED) is 0.669. The van der Waals surface area contributed by atoms with Gasteiger partial charge in [-0.1, -0.05) is 19.9 Å². The molecular formula is C13H18N2O2S. The fourth-order valence-corrected chi connectivity index (χ4v) is 3.42. The van der Waals surface area contributed by atoms with Crippen LogP contribution in [0.25, 0.3) is 0 Å². The molecule has 0 aliphatic carbocycles. The van der Waals surface area contributed by atoms with Crippen LogP contribution in [0.2, 0.25) is 0 Å². The van der Waals surface area contributed by atoms with Crippen LogP contribution in [0.5, 0.6) is 0 Å². The highest BCUT2D eigenvalue weighted by Gasteiger charge is 2.22. The predicted molar refractivity (Wildman–Crippen MR) is 76.4 cm³/mol. The van der Waals surface area contributed by atoms with E-state index in [1.165, 1.54) is 0 Å². The molecule has 0 saturated carbocycles. The van der Waals surface area contributed by atoms with E-state index < -0.39 is 0 Å². The lowest BCUT2D eigenvalue weighted by atomic mass is 10.1. The Labute approximate surface area is 111 Å². The number of thioether (sulfide) groups is 1. The molecule has 2 atom stereocenters. The minimum atomic E-state index is -0.296. The van der Waals surface area contributed by atoms with Crippen molar-refractivity contribution >= 4 is 23.1 Å². The molecular weight excluding hydrogens is 248 g/mol. The smallest absolute Gasteiger partial charge is 0.274 e. The summed E-state index contributed by atoms with van der Waals surface area (Å²) in [4.78, 5) is 10.7. The normalized spacial score (nSPS) is 23.0. The number of hydrogen-bond acceptors (Lipinski definition) is 4. The lowest BCUT2D eigenvalue weighted by molar-refractivity contribution is -0.385. The van der Waals surface area contributed by atoms with Crippen LogP contribution in [-0.2, 0) is 6.42 Å². The van der Waals surface area contributed by atoms with Gasteiger partial charge in [-0.15, -0.1) is 0 Å². The number of nitrogens with zero attached hydrogens (tertiary/aromatic N) is 1. The van der Waals surface area contributed by atoms with Crippen LogP contribution in [0.1, 0.15) is 25.8 Å². The molecule has 1 heterocycles. The Morgan fingerprint density at radius 3 is 2.89 bits per heavy atom. The molecule has 1 aliphatic rings. The molecule has 0 spiro atoms. The zero-order chi connectivity index (χ0) is 13.1. The molecule has 0 bridgehead atoms. The highest BCUT2D eigenvalue weighted by atomic mass is 32.2. The number of nitro benzene ring substituents is 1. The zero-order valence-electron chi connectivity index (χ0n) is 10.7. The summed E-state index contributed by atoms with van der Waals surface area (Å²) < 4.78 is 0. The number of hydrogen-bond donors (Lipinski definition) is 1. The van der Waals surface area contributed by atoms with E-state index in [0.29, 0.717) is 17.7 Å². The van der Waals surface area contributed by atoms with Gasteiger partial charge in [-0.05, 0) is 18.9 Å². The molecule has 1 saturated heterocycles. The number of nitro groups is 1. The highest BCUT2D eigenvalue weighted by molar-refractivity contribution is 8.00. The third-order valence-corrected chi connectivity index (χ3v) is 4.59. The second kappa shape index (κ2) is 5.61. The van der Waals surface area contributed by atoms with E-state index in [4.69, 9.17) is 0 Å². The number of rotatable bonds is 4. The van der Waals surface area contributed by atoms with E-state index >= 15 is 0 Å². The van der Waals surface area contributed by atoms with Gasteiger partial charge in [0, 0.05) is 34.4 Å².